The number of rotatable bonds is 6. The molecule has 0 fully saturated rings. The van der Waals surface area contributed by atoms with E-state index >= 15 is 0 Å². The Balaban J connectivity index is 1.97. The van der Waals surface area contributed by atoms with Gasteiger partial charge < -0.3 is 20.8 Å². The number of aliphatic hydroxyl groups is 1. The molecule has 0 aliphatic rings. The van der Waals surface area contributed by atoms with Gasteiger partial charge in [0.25, 0.3) is 0 Å². The van der Waals surface area contributed by atoms with Crippen molar-refractivity contribution in [1.82, 2.24) is 19.9 Å². The lowest BCUT2D eigenvalue weighted by Gasteiger charge is -2.18. The highest BCUT2D eigenvalue weighted by Gasteiger charge is 2.32. The highest BCUT2D eigenvalue weighted by atomic mass is 19.4. The number of nitrogens with zero attached hydrogens (tertiary/aromatic N) is 4. The molecule has 158 valence electrons. The number of nitrogens with one attached hydrogen (secondary N) is 2. The van der Waals surface area contributed by atoms with E-state index in [-0.39, 0.29) is 35.7 Å². The summed E-state index contributed by atoms with van der Waals surface area (Å²) >= 11 is 0. The summed E-state index contributed by atoms with van der Waals surface area (Å²) in [6.45, 7) is 3.29. The number of phenols is 1. The summed E-state index contributed by atoms with van der Waals surface area (Å²) in [4.78, 5) is 16.0. The highest BCUT2D eigenvalue weighted by Crippen LogP contribution is 2.30. The van der Waals surface area contributed by atoms with Crippen LogP contribution in [0.2, 0.25) is 0 Å². The molecule has 0 saturated carbocycles. The smallest absolute Gasteiger partial charge is 0.433 e. The van der Waals surface area contributed by atoms with Crippen molar-refractivity contribution in [2.75, 3.05) is 17.2 Å². The third-order valence-corrected chi connectivity index (χ3v) is 3.73. The Labute approximate surface area is 169 Å². The minimum absolute atomic E-state index is 0.00243. The topological polar surface area (TPSA) is 116 Å². The molecule has 2 aromatic heterocycles. The number of aromatic nitrogens is 4. The van der Waals surface area contributed by atoms with Gasteiger partial charge in [-0.3, -0.25) is 4.98 Å². The molecule has 0 saturated heterocycles. The summed E-state index contributed by atoms with van der Waals surface area (Å²) in [6.07, 6.45) is -3.57. The molecular weight excluding hydrogens is 401 g/mol. The molecule has 0 aliphatic heterocycles. The number of pyridine rings is 1. The van der Waals surface area contributed by atoms with Crippen molar-refractivity contribution in [3.8, 4) is 17.1 Å². The predicted molar refractivity (Wildman–Crippen MR) is 104 cm³/mol. The van der Waals surface area contributed by atoms with Crippen LogP contribution in [0.25, 0.3) is 11.4 Å². The molecule has 0 aliphatic carbocycles. The fourth-order valence-corrected chi connectivity index (χ4v) is 2.37. The zero-order valence-corrected chi connectivity index (χ0v) is 16.1. The third kappa shape index (κ3) is 5.77. The van der Waals surface area contributed by atoms with Crippen LogP contribution in [-0.2, 0) is 6.18 Å². The van der Waals surface area contributed by atoms with Crippen molar-refractivity contribution >= 4 is 17.6 Å². The summed E-state index contributed by atoms with van der Waals surface area (Å²) in [5, 5.41) is 25.2. The number of aromatic hydroxyl groups is 1. The van der Waals surface area contributed by atoms with Gasteiger partial charge in [-0.1, -0.05) is 12.1 Å². The van der Waals surface area contributed by atoms with Crippen LogP contribution in [0, 0.1) is 0 Å². The highest BCUT2D eigenvalue weighted by molar-refractivity contribution is 5.62. The van der Waals surface area contributed by atoms with Crippen LogP contribution in [0.1, 0.15) is 19.5 Å². The van der Waals surface area contributed by atoms with Gasteiger partial charge in [0.1, 0.15) is 11.4 Å². The molecule has 8 nitrogen and oxygen atoms in total. The zero-order valence-electron chi connectivity index (χ0n) is 16.1. The molecule has 3 aromatic rings. The first-order valence-corrected chi connectivity index (χ1v) is 8.82. The fourth-order valence-electron chi connectivity index (χ4n) is 2.37. The van der Waals surface area contributed by atoms with E-state index in [1.807, 2.05) is 0 Å². The Morgan fingerprint density at radius 2 is 1.73 bits per heavy atom. The number of phenolic OH excluding ortho intramolecular Hbond substituents is 1. The van der Waals surface area contributed by atoms with E-state index in [1.165, 1.54) is 18.2 Å². The Bertz CT molecular complexity index is 1040. The first kappa shape index (κ1) is 21.2. The number of hydrogen-bond donors (Lipinski definition) is 4. The summed E-state index contributed by atoms with van der Waals surface area (Å²) in [7, 11) is 0. The van der Waals surface area contributed by atoms with E-state index in [0.717, 1.165) is 12.3 Å². The molecule has 0 amide bonds. The Kier molecular flexibility index (Phi) is 5.74. The average molecular weight is 420 g/mol. The minimum Gasteiger partial charge on any atom is -0.508 e. The second kappa shape index (κ2) is 8.11. The Morgan fingerprint density at radius 1 is 1.00 bits per heavy atom. The van der Waals surface area contributed by atoms with Crippen LogP contribution < -0.4 is 10.6 Å². The van der Waals surface area contributed by atoms with E-state index in [4.69, 9.17) is 0 Å². The van der Waals surface area contributed by atoms with Crippen LogP contribution in [0.15, 0.2) is 42.6 Å². The van der Waals surface area contributed by atoms with Crippen molar-refractivity contribution in [2.45, 2.75) is 25.6 Å². The van der Waals surface area contributed by atoms with Crippen LogP contribution >= 0.6 is 0 Å². The van der Waals surface area contributed by atoms with Crippen molar-refractivity contribution in [3.05, 3.63) is 48.3 Å². The lowest BCUT2D eigenvalue weighted by Crippen LogP contribution is -2.30. The third-order valence-electron chi connectivity index (χ3n) is 3.73. The van der Waals surface area contributed by atoms with Crippen molar-refractivity contribution < 1.29 is 23.4 Å². The second-order valence-electron chi connectivity index (χ2n) is 7.08. The largest absolute Gasteiger partial charge is 0.508 e. The van der Waals surface area contributed by atoms with E-state index in [1.54, 1.807) is 26.0 Å². The SMILES string of the molecule is CC(C)(O)CNc1nc(Nc2ccnc(C(F)(F)F)c2)nc(-c2cccc(O)c2)n1. The van der Waals surface area contributed by atoms with Gasteiger partial charge in [-0.2, -0.15) is 28.1 Å². The minimum atomic E-state index is -4.59. The van der Waals surface area contributed by atoms with Crippen LogP contribution in [0.3, 0.4) is 0 Å². The average Bonchev–Trinajstić information content (AvgIpc) is 2.65. The van der Waals surface area contributed by atoms with E-state index in [0.29, 0.717) is 5.56 Å². The Hall–Kier alpha value is -3.47. The lowest BCUT2D eigenvalue weighted by molar-refractivity contribution is -0.141. The number of hydrogen-bond acceptors (Lipinski definition) is 8. The molecule has 0 atom stereocenters. The van der Waals surface area contributed by atoms with Gasteiger partial charge >= 0.3 is 6.18 Å². The van der Waals surface area contributed by atoms with Gasteiger partial charge in [-0.25, -0.2) is 0 Å². The molecule has 0 radical (unpaired) electrons. The van der Waals surface area contributed by atoms with E-state index < -0.39 is 17.5 Å². The van der Waals surface area contributed by atoms with Crippen molar-refractivity contribution in [2.24, 2.45) is 0 Å². The van der Waals surface area contributed by atoms with Gasteiger partial charge in [0, 0.05) is 24.0 Å². The number of alkyl halides is 3. The molecule has 0 unspecified atom stereocenters. The maximum absolute atomic E-state index is 12.9. The predicted octanol–water partition coefficient (Wildman–Crippen LogP) is 3.58. The lowest BCUT2D eigenvalue weighted by atomic mass is 10.1. The molecule has 3 rings (SSSR count). The normalized spacial score (nSPS) is 11.9. The van der Waals surface area contributed by atoms with Crippen molar-refractivity contribution in [1.29, 1.82) is 0 Å². The molecule has 11 heteroatoms. The van der Waals surface area contributed by atoms with Gasteiger partial charge in [0.15, 0.2) is 5.82 Å². The van der Waals surface area contributed by atoms with Crippen LogP contribution in [0.4, 0.5) is 30.8 Å². The second-order valence-corrected chi connectivity index (χ2v) is 7.08. The molecule has 0 spiro atoms. The molecule has 0 bridgehead atoms. The molecule has 4 N–H and O–H groups in total. The summed E-state index contributed by atoms with van der Waals surface area (Å²) in [5.41, 5.74) is -1.57. The summed E-state index contributed by atoms with van der Waals surface area (Å²) in [6, 6.07) is 8.36. The number of benzene rings is 1. The maximum atomic E-state index is 12.9. The van der Waals surface area contributed by atoms with Gasteiger partial charge in [0.05, 0.1) is 5.60 Å². The van der Waals surface area contributed by atoms with Gasteiger partial charge in [-0.15, -0.1) is 0 Å². The first-order chi connectivity index (χ1) is 14.0. The molecule has 30 heavy (non-hydrogen) atoms. The first-order valence-electron chi connectivity index (χ1n) is 8.82. The zero-order chi connectivity index (χ0) is 21.9. The molecule has 1 aromatic carbocycles. The molecular formula is C19H19F3N6O2. The Morgan fingerprint density at radius 3 is 2.40 bits per heavy atom. The van der Waals surface area contributed by atoms with Crippen molar-refractivity contribution in [3.63, 3.8) is 0 Å². The fraction of sp³-hybridized carbons (Fsp3) is 0.263. The van der Waals surface area contributed by atoms with E-state index in [9.17, 15) is 23.4 Å². The summed E-state index contributed by atoms with van der Waals surface area (Å²) < 4.78 is 38.8. The van der Waals surface area contributed by atoms with Gasteiger partial charge in [0.2, 0.25) is 11.9 Å². The van der Waals surface area contributed by atoms with E-state index in [2.05, 4.69) is 30.6 Å². The van der Waals surface area contributed by atoms with Crippen LogP contribution in [0.5, 0.6) is 5.75 Å². The monoisotopic (exact) mass is 420 g/mol. The standard InChI is InChI=1S/C19H19F3N6O2/c1-18(2,30)10-24-16-26-15(11-4-3-5-13(29)8-11)27-17(28-16)25-12-6-7-23-14(9-12)19(20,21)22/h3-9,29-30H,10H2,1-2H3,(H2,23,24,25,26,27,28). The van der Waals surface area contributed by atoms with Gasteiger partial charge in [-0.05, 0) is 38.1 Å². The maximum Gasteiger partial charge on any atom is 0.433 e. The van der Waals surface area contributed by atoms with Crippen LogP contribution in [-0.4, -0.2) is 42.3 Å². The number of halogens is 3. The molecule has 2 heterocycles. The summed E-state index contributed by atoms with van der Waals surface area (Å²) in [5.74, 6) is 0.239. The number of anilines is 3. The quantitative estimate of drug-likeness (QED) is 0.478.